The SMILES string of the molecule is C[C@H](C(=O)Nc1cnc2ccccc2c1)n1cnc2ccccc21. The molecule has 0 aliphatic heterocycles. The van der Waals surface area contributed by atoms with Gasteiger partial charge in [-0.25, -0.2) is 4.98 Å². The lowest BCUT2D eigenvalue weighted by Gasteiger charge is -2.14. The van der Waals surface area contributed by atoms with E-state index in [1.165, 1.54) is 0 Å². The highest BCUT2D eigenvalue weighted by Gasteiger charge is 2.17. The molecule has 5 nitrogen and oxygen atoms in total. The lowest BCUT2D eigenvalue weighted by Crippen LogP contribution is -2.23. The number of hydrogen-bond donors (Lipinski definition) is 1. The highest BCUT2D eigenvalue weighted by Crippen LogP contribution is 2.20. The number of anilines is 1. The van der Waals surface area contributed by atoms with Gasteiger partial charge in [0.25, 0.3) is 0 Å². The molecule has 2 aromatic heterocycles. The van der Waals surface area contributed by atoms with Crippen LogP contribution in [0.15, 0.2) is 67.1 Å². The Labute approximate surface area is 139 Å². The second kappa shape index (κ2) is 5.77. The Balaban J connectivity index is 1.60. The van der Waals surface area contributed by atoms with Crippen molar-refractivity contribution in [3.63, 3.8) is 0 Å². The zero-order valence-corrected chi connectivity index (χ0v) is 13.2. The molecular weight excluding hydrogens is 300 g/mol. The number of nitrogens with one attached hydrogen (secondary N) is 1. The minimum atomic E-state index is -0.371. The van der Waals surface area contributed by atoms with Crippen LogP contribution in [0.5, 0.6) is 0 Å². The molecule has 2 heterocycles. The van der Waals surface area contributed by atoms with Crippen molar-refractivity contribution >= 4 is 33.5 Å². The first-order valence-corrected chi connectivity index (χ1v) is 7.79. The van der Waals surface area contributed by atoms with Gasteiger partial charge in [0.1, 0.15) is 6.04 Å². The minimum absolute atomic E-state index is 0.102. The number of pyridine rings is 1. The molecule has 1 N–H and O–H groups in total. The van der Waals surface area contributed by atoms with Crippen LogP contribution in [0.25, 0.3) is 21.9 Å². The fraction of sp³-hybridized carbons (Fsp3) is 0.105. The molecule has 0 aliphatic rings. The van der Waals surface area contributed by atoms with E-state index in [1.807, 2.05) is 66.1 Å². The Bertz CT molecular complexity index is 1040. The maximum atomic E-state index is 12.6. The van der Waals surface area contributed by atoms with Crippen molar-refractivity contribution in [3.8, 4) is 0 Å². The van der Waals surface area contributed by atoms with E-state index >= 15 is 0 Å². The van der Waals surface area contributed by atoms with Crippen molar-refractivity contribution in [3.05, 3.63) is 67.1 Å². The van der Waals surface area contributed by atoms with Crippen LogP contribution in [-0.2, 0) is 4.79 Å². The lowest BCUT2D eigenvalue weighted by atomic mass is 10.2. The summed E-state index contributed by atoms with van der Waals surface area (Å²) in [5.41, 5.74) is 3.42. The van der Waals surface area contributed by atoms with Crippen LogP contribution in [0.1, 0.15) is 13.0 Å². The van der Waals surface area contributed by atoms with Gasteiger partial charge in [-0.1, -0.05) is 30.3 Å². The normalized spacial score (nSPS) is 12.4. The summed E-state index contributed by atoms with van der Waals surface area (Å²) in [5, 5.41) is 3.93. The van der Waals surface area contributed by atoms with E-state index in [0.717, 1.165) is 21.9 Å². The van der Waals surface area contributed by atoms with Gasteiger partial charge in [0.2, 0.25) is 5.91 Å². The summed E-state index contributed by atoms with van der Waals surface area (Å²) in [7, 11) is 0. The Morgan fingerprint density at radius 2 is 1.79 bits per heavy atom. The number of rotatable bonds is 3. The first-order valence-electron chi connectivity index (χ1n) is 7.79. The summed E-state index contributed by atoms with van der Waals surface area (Å²) in [6.07, 6.45) is 3.38. The number of carbonyl (C=O) groups is 1. The molecule has 24 heavy (non-hydrogen) atoms. The average molecular weight is 316 g/mol. The Kier molecular flexibility index (Phi) is 3.46. The van der Waals surface area contributed by atoms with Crippen LogP contribution in [-0.4, -0.2) is 20.4 Å². The quantitative estimate of drug-likeness (QED) is 0.625. The predicted octanol–water partition coefficient (Wildman–Crippen LogP) is 3.78. The number of fused-ring (bicyclic) bond motifs is 2. The number of hydrogen-bond acceptors (Lipinski definition) is 3. The van der Waals surface area contributed by atoms with Crippen molar-refractivity contribution in [2.24, 2.45) is 0 Å². The van der Waals surface area contributed by atoms with Crippen LogP contribution >= 0.6 is 0 Å². The molecule has 0 bridgehead atoms. The average Bonchev–Trinajstić information content (AvgIpc) is 3.05. The molecule has 118 valence electrons. The van der Waals surface area contributed by atoms with Gasteiger partial charge in [-0.2, -0.15) is 0 Å². The van der Waals surface area contributed by atoms with Crippen LogP contribution in [0.2, 0.25) is 0 Å². The Hall–Kier alpha value is -3.21. The molecule has 0 saturated heterocycles. The summed E-state index contributed by atoms with van der Waals surface area (Å²) < 4.78 is 1.87. The van der Waals surface area contributed by atoms with E-state index < -0.39 is 0 Å². The number of imidazole rings is 1. The smallest absolute Gasteiger partial charge is 0.247 e. The van der Waals surface area contributed by atoms with Crippen molar-refractivity contribution in [1.82, 2.24) is 14.5 Å². The van der Waals surface area contributed by atoms with E-state index in [0.29, 0.717) is 5.69 Å². The summed E-state index contributed by atoms with van der Waals surface area (Å²) in [6.45, 7) is 1.86. The highest BCUT2D eigenvalue weighted by molar-refractivity contribution is 5.96. The van der Waals surface area contributed by atoms with Crippen LogP contribution in [0.3, 0.4) is 0 Å². The van der Waals surface area contributed by atoms with E-state index in [9.17, 15) is 4.79 Å². The van der Waals surface area contributed by atoms with Gasteiger partial charge >= 0.3 is 0 Å². The van der Waals surface area contributed by atoms with Gasteiger partial charge in [-0.3, -0.25) is 9.78 Å². The standard InChI is InChI=1S/C19H16N4O/c1-13(23-12-21-17-8-4-5-9-18(17)23)19(24)22-15-10-14-6-2-3-7-16(14)20-11-15/h2-13H,1H3,(H,22,24)/t13-/m1/s1. The second-order valence-electron chi connectivity index (χ2n) is 5.72. The largest absolute Gasteiger partial charge is 0.323 e. The van der Waals surface area contributed by atoms with Gasteiger partial charge in [-0.15, -0.1) is 0 Å². The van der Waals surface area contributed by atoms with E-state index in [4.69, 9.17) is 0 Å². The molecule has 0 unspecified atom stereocenters. The maximum absolute atomic E-state index is 12.6. The van der Waals surface area contributed by atoms with Crippen LogP contribution < -0.4 is 5.32 Å². The number of nitrogens with zero attached hydrogens (tertiary/aromatic N) is 3. The molecule has 0 spiro atoms. The Morgan fingerprint density at radius 1 is 1.04 bits per heavy atom. The highest BCUT2D eigenvalue weighted by atomic mass is 16.2. The molecule has 1 amide bonds. The number of para-hydroxylation sites is 3. The molecule has 4 aromatic rings. The third-order valence-corrected chi connectivity index (χ3v) is 4.14. The third-order valence-electron chi connectivity index (χ3n) is 4.14. The summed E-state index contributed by atoms with van der Waals surface area (Å²) in [6, 6.07) is 17.2. The fourth-order valence-corrected chi connectivity index (χ4v) is 2.80. The Morgan fingerprint density at radius 3 is 2.67 bits per heavy atom. The predicted molar refractivity (Wildman–Crippen MR) is 94.8 cm³/mol. The van der Waals surface area contributed by atoms with Crippen molar-refractivity contribution in [2.75, 3.05) is 5.32 Å². The molecule has 4 rings (SSSR count). The number of aromatic nitrogens is 3. The topological polar surface area (TPSA) is 59.8 Å². The molecular formula is C19H16N4O. The van der Waals surface area contributed by atoms with Crippen LogP contribution in [0, 0.1) is 0 Å². The van der Waals surface area contributed by atoms with E-state index in [2.05, 4.69) is 15.3 Å². The molecule has 0 fully saturated rings. The summed E-state index contributed by atoms with van der Waals surface area (Å²) in [5.74, 6) is -0.102. The van der Waals surface area contributed by atoms with Crippen molar-refractivity contribution in [2.45, 2.75) is 13.0 Å². The zero-order valence-electron chi connectivity index (χ0n) is 13.2. The van der Waals surface area contributed by atoms with E-state index in [-0.39, 0.29) is 11.9 Å². The molecule has 0 saturated carbocycles. The van der Waals surface area contributed by atoms with Gasteiger partial charge < -0.3 is 9.88 Å². The van der Waals surface area contributed by atoms with Gasteiger partial charge in [-0.05, 0) is 31.2 Å². The molecule has 5 heteroatoms. The number of carbonyl (C=O) groups excluding carboxylic acids is 1. The third kappa shape index (κ3) is 2.50. The summed E-state index contributed by atoms with van der Waals surface area (Å²) >= 11 is 0. The first kappa shape index (κ1) is 14.4. The van der Waals surface area contributed by atoms with Gasteiger partial charge in [0, 0.05) is 5.39 Å². The molecule has 0 aliphatic carbocycles. The monoisotopic (exact) mass is 316 g/mol. The van der Waals surface area contributed by atoms with Crippen LogP contribution in [0.4, 0.5) is 5.69 Å². The molecule has 2 aromatic carbocycles. The summed E-state index contributed by atoms with van der Waals surface area (Å²) in [4.78, 5) is 21.3. The number of benzene rings is 2. The van der Waals surface area contributed by atoms with Crippen molar-refractivity contribution < 1.29 is 4.79 Å². The van der Waals surface area contributed by atoms with Gasteiger partial charge in [0.05, 0.1) is 34.8 Å². The fourth-order valence-electron chi connectivity index (χ4n) is 2.80. The van der Waals surface area contributed by atoms with E-state index in [1.54, 1.807) is 12.5 Å². The maximum Gasteiger partial charge on any atom is 0.247 e. The molecule has 0 radical (unpaired) electrons. The minimum Gasteiger partial charge on any atom is -0.323 e. The van der Waals surface area contributed by atoms with Crippen molar-refractivity contribution in [1.29, 1.82) is 0 Å². The van der Waals surface area contributed by atoms with Gasteiger partial charge in [0.15, 0.2) is 0 Å². The molecule has 1 atom stereocenters. The second-order valence-corrected chi connectivity index (χ2v) is 5.72. The first-order chi connectivity index (χ1) is 11.7. The number of amides is 1. The lowest BCUT2D eigenvalue weighted by molar-refractivity contribution is -0.118. The zero-order chi connectivity index (χ0) is 16.5.